The molecule has 21 heavy (non-hydrogen) atoms. The van der Waals surface area contributed by atoms with Gasteiger partial charge in [0.05, 0.1) is 5.71 Å². The summed E-state index contributed by atoms with van der Waals surface area (Å²) in [5.41, 5.74) is 8.47. The first-order valence-electron chi connectivity index (χ1n) is 6.90. The molecule has 1 unspecified atom stereocenters. The Morgan fingerprint density at radius 3 is 2.90 bits per heavy atom. The maximum atomic E-state index is 5.90. The Morgan fingerprint density at radius 2 is 2.14 bits per heavy atom. The van der Waals surface area contributed by atoms with Crippen LogP contribution in [0.3, 0.4) is 0 Å². The highest BCUT2D eigenvalue weighted by atomic mass is 16.7. The molecule has 2 N–H and O–H groups in total. The first kappa shape index (κ1) is 13.6. The predicted octanol–water partition coefficient (Wildman–Crippen LogP) is 2.23. The van der Waals surface area contributed by atoms with Crippen LogP contribution in [0.15, 0.2) is 53.9 Å². The number of hydrogen-bond acceptors (Lipinski definition) is 5. The van der Waals surface area contributed by atoms with Gasteiger partial charge in [-0.2, -0.15) is 0 Å². The monoisotopic (exact) mass is 283 g/mol. The van der Waals surface area contributed by atoms with Gasteiger partial charge in [-0.1, -0.05) is 29.4 Å². The van der Waals surface area contributed by atoms with Crippen molar-refractivity contribution in [3.05, 3.63) is 48.8 Å². The molecule has 0 bridgehead atoms. The maximum absolute atomic E-state index is 5.90. The average molecular weight is 283 g/mol. The summed E-state index contributed by atoms with van der Waals surface area (Å²) in [5.74, 6) is 0.815. The zero-order valence-corrected chi connectivity index (χ0v) is 11.6. The van der Waals surface area contributed by atoms with Gasteiger partial charge in [0.1, 0.15) is 12.4 Å². The van der Waals surface area contributed by atoms with Gasteiger partial charge in [0.25, 0.3) is 0 Å². The first-order chi connectivity index (χ1) is 10.4. The molecule has 0 radical (unpaired) electrons. The molecule has 0 spiro atoms. The summed E-state index contributed by atoms with van der Waals surface area (Å²) >= 11 is 0. The summed E-state index contributed by atoms with van der Waals surface area (Å²) in [4.78, 5) is 9.44. The highest BCUT2D eigenvalue weighted by molar-refractivity contribution is 5.87. The molecule has 0 fully saturated rings. The van der Waals surface area contributed by atoms with Crippen LogP contribution in [-0.4, -0.2) is 30.0 Å². The van der Waals surface area contributed by atoms with Crippen molar-refractivity contribution < 1.29 is 9.57 Å². The van der Waals surface area contributed by atoms with Crippen molar-refractivity contribution in [2.24, 2.45) is 10.9 Å². The number of oxime groups is 1. The molecule has 0 saturated carbocycles. The largest absolute Gasteiger partial charge is 0.489 e. The lowest BCUT2D eigenvalue weighted by Crippen LogP contribution is -2.20. The minimum absolute atomic E-state index is 0.0643. The van der Waals surface area contributed by atoms with Gasteiger partial charge in [0, 0.05) is 36.5 Å². The molecular weight excluding hydrogens is 266 g/mol. The van der Waals surface area contributed by atoms with E-state index in [2.05, 4.69) is 10.1 Å². The minimum Gasteiger partial charge on any atom is -0.489 e. The standard InChI is InChI=1S/C16H17N3O2/c17-9-13-8-14(21-19-13)11-20-16-6-2-1-5-15(16)12-4-3-7-18-10-12/h1-7,10,14H,8-9,11,17H2. The van der Waals surface area contributed by atoms with Gasteiger partial charge in [0.2, 0.25) is 0 Å². The zero-order chi connectivity index (χ0) is 14.5. The van der Waals surface area contributed by atoms with Gasteiger partial charge in [-0.3, -0.25) is 4.98 Å². The van der Waals surface area contributed by atoms with Gasteiger partial charge in [0.15, 0.2) is 6.10 Å². The molecule has 0 saturated heterocycles. The number of hydrogen-bond donors (Lipinski definition) is 1. The van der Waals surface area contributed by atoms with Crippen LogP contribution in [0, 0.1) is 0 Å². The fraction of sp³-hybridized carbons (Fsp3) is 0.250. The SMILES string of the molecule is NCC1=NOC(COc2ccccc2-c2cccnc2)C1. The molecule has 3 rings (SSSR count). The number of aromatic nitrogens is 1. The van der Waals surface area contributed by atoms with Crippen LogP contribution in [0.5, 0.6) is 5.75 Å². The van der Waals surface area contributed by atoms with Crippen molar-refractivity contribution in [2.75, 3.05) is 13.2 Å². The Labute approximate surface area is 123 Å². The van der Waals surface area contributed by atoms with Crippen molar-refractivity contribution in [3.8, 4) is 16.9 Å². The Hall–Kier alpha value is -2.40. The van der Waals surface area contributed by atoms with Gasteiger partial charge >= 0.3 is 0 Å². The molecule has 108 valence electrons. The molecule has 1 aromatic carbocycles. The lowest BCUT2D eigenvalue weighted by Gasteiger charge is -2.14. The summed E-state index contributed by atoms with van der Waals surface area (Å²) in [6.07, 6.45) is 4.24. The van der Waals surface area contributed by atoms with Crippen molar-refractivity contribution in [1.82, 2.24) is 4.98 Å². The molecule has 2 aromatic rings. The summed E-state index contributed by atoms with van der Waals surface area (Å²) in [6, 6.07) is 11.8. The van der Waals surface area contributed by atoms with E-state index < -0.39 is 0 Å². The average Bonchev–Trinajstić information content (AvgIpc) is 3.02. The third kappa shape index (κ3) is 3.20. The molecule has 0 amide bonds. The summed E-state index contributed by atoms with van der Waals surface area (Å²) in [6.45, 7) is 0.882. The maximum Gasteiger partial charge on any atom is 0.166 e. The van der Waals surface area contributed by atoms with Crippen LogP contribution in [-0.2, 0) is 4.84 Å². The van der Waals surface area contributed by atoms with Crippen LogP contribution >= 0.6 is 0 Å². The smallest absolute Gasteiger partial charge is 0.166 e. The normalized spacial score (nSPS) is 17.2. The van der Waals surface area contributed by atoms with E-state index in [1.165, 1.54) is 0 Å². The fourth-order valence-corrected chi connectivity index (χ4v) is 2.23. The first-order valence-corrected chi connectivity index (χ1v) is 6.90. The van der Waals surface area contributed by atoms with E-state index in [0.29, 0.717) is 13.2 Å². The highest BCUT2D eigenvalue weighted by Crippen LogP contribution is 2.29. The Balaban J connectivity index is 1.69. The topological polar surface area (TPSA) is 69.7 Å². The van der Waals surface area contributed by atoms with Crippen molar-refractivity contribution >= 4 is 5.71 Å². The number of para-hydroxylation sites is 1. The summed E-state index contributed by atoms with van der Waals surface area (Å²) in [7, 11) is 0. The number of ether oxygens (including phenoxy) is 1. The Morgan fingerprint density at radius 1 is 1.24 bits per heavy atom. The molecule has 2 heterocycles. The Bertz CT molecular complexity index is 628. The number of nitrogens with zero attached hydrogens (tertiary/aromatic N) is 2. The van der Waals surface area contributed by atoms with Crippen LogP contribution in [0.25, 0.3) is 11.1 Å². The van der Waals surface area contributed by atoms with E-state index in [1.54, 1.807) is 6.20 Å². The Kier molecular flexibility index (Phi) is 4.12. The second-order valence-corrected chi connectivity index (χ2v) is 4.84. The van der Waals surface area contributed by atoms with Gasteiger partial charge in [-0.15, -0.1) is 0 Å². The lowest BCUT2D eigenvalue weighted by atomic mass is 10.1. The van der Waals surface area contributed by atoms with E-state index >= 15 is 0 Å². The minimum atomic E-state index is -0.0643. The van der Waals surface area contributed by atoms with Gasteiger partial charge < -0.3 is 15.3 Å². The van der Waals surface area contributed by atoms with Crippen LogP contribution < -0.4 is 10.5 Å². The summed E-state index contributed by atoms with van der Waals surface area (Å²) < 4.78 is 5.90. The summed E-state index contributed by atoms with van der Waals surface area (Å²) in [5, 5.41) is 3.93. The van der Waals surface area contributed by atoms with E-state index in [4.69, 9.17) is 15.3 Å². The molecule has 5 heteroatoms. The second-order valence-electron chi connectivity index (χ2n) is 4.84. The molecule has 1 aromatic heterocycles. The van der Waals surface area contributed by atoms with E-state index in [0.717, 1.165) is 29.0 Å². The highest BCUT2D eigenvalue weighted by Gasteiger charge is 2.21. The van der Waals surface area contributed by atoms with Gasteiger partial charge in [-0.05, 0) is 12.1 Å². The predicted molar refractivity (Wildman–Crippen MR) is 81.1 cm³/mol. The molecule has 1 aliphatic rings. The lowest BCUT2D eigenvalue weighted by molar-refractivity contribution is 0.0472. The van der Waals surface area contributed by atoms with Crippen molar-refractivity contribution in [3.63, 3.8) is 0 Å². The quantitative estimate of drug-likeness (QED) is 0.913. The van der Waals surface area contributed by atoms with Gasteiger partial charge in [-0.25, -0.2) is 0 Å². The van der Waals surface area contributed by atoms with Crippen molar-refractivity contribution in [2.45, 2.75) is 12.5 Å². The third-order valence-electron chi connectivity index (χ3n) is 3.31. The van der Waals surface area contributed by atoms with Crippen LogP contribution in [0.1, 0.15) is 6.42 Å². The van der Waals surface area contributed by atoms with Crippen molar-refractivity contribution in [1.29, 1.82) is 0 Å². The zero-order valence-electron chi connectivity index (χ0n) is 11.6. The second kappa shape index (κ2) is 6.37. The van der Waals surface area contributed by atoms with E-state index in [-0.39, 0.29) is 6.10 Å². The van der Waals surface area contributed by atoms with Crippen LogP contribution in [0.4, 0.5) is 0 Å². The molecule has 1 atom stereocenters. The van der Waals surface area contributed by atoms with Crippen LogP contribution in [0.2, 0.25) is 0 Å². The number of nitrogens with two attached hydrogens (primary N) is 1. The fourth-order valence-electron chi connectivity index (χ4n) is 2.23. The number of pyridine rings is 1. The molecule has 0 aliphatic carbocycles. The molecule has 5 nitrogen and oxygen atoms in total. The van der Waals surface area contributed by atoms with E-state index in [1.807, 2.05) is 42.6 Å². The number of benzene rings is 1. The third-order valence-corrected chi connectivity index (χ3v) is 3.31. The number of rotatable bonds is 5. The molecular formula is C16H17N3O2. The van der Waals surface area contributed by atoms with E-state index in [9.17, 15) is 0 Å². The molecule has 1 aliphatic heterocycles.